The second-order valence-corrected chi connectivity index (χ2v) is 19.7. The molecule has 0 N–H and O–H groups in total. The van der Waals surface area contributed by atoms with Crippen molar-refractivity contribution in [3.05, 3.63) is 218 Å². The SMILES string of the molecule is CCCCSc1ccc(N(c2ccccc2)c2ccc(-n3c4ccccc4c4c3ccc3c5ccccc5n(-c5ccc(N(c6ccccc6)c6ccc(SCCCC)cc6)cc5)c34)cc2)cc1. The number of hydrogen-bond acceptors (Lipinski definition) is 4. The van der Waals surface area contributed by atoms with Gasteiger partial charge in [0.15, 0.2) is 0 Å². The third-order valence-electron chi connectivity index (χ3n) is 13.0. The van der Waals surface area contributed by atoms with Crippen molar-refractivity contribution in [1.29, 1.82) is 0 Å². The summed E-state index contributed by atoms with van der Waals surface area (Å²) in [5.41, 5.74) is 13.8. The van der Waals surface area contributed by atoms with E-state index in [1.54, 1.807) is 0 Å². The fraction of sp³-hybridized carbons (Fsp3) is 0.129. The van der Waals surface area contributed by atoms with Gasteiger partial charge in [0.2, 0.25) is 0 Å². The van der Waals surface area contributed by atoms with Gasteiger partial charge >= 0.3 is 0 Å². The zero-order valence-corrected chi connectivity index (χ0v) is 40.3. The molecule has 68 heavy (non-hydrogen) atoms. The van der Waals surface area contributed by atoms with E-state index < -0.39 is 0 Å². The highest BCUT2D eigenvalue weighted by molar-refractivity contribution is 7.99. The van der Waals surface area contributed by atoms with Gasteiger partial charge in [0.1, 0.15) is 0 Å². The van der Waals surface area contributed by atoms with E-state index in [1.165, 1.54) is 79.1 Å². The first-order valence-electron chi connectivity index (χ1n) is 24.0. The molecule has 11 aromatic rings. The van der Waals surface area contributed by atoms with E-state index in [9.17, 15) is 0 Å². The van der Waals surface area contributed by atoms with Gasteiger partial charge in [-0.3, -0.25) is 0 Å². The van der Waals surface area contributed by atoms with Gasteiger partial charge in [0.05, 0.1) is 22.1 Å². The Morgan fingerprint density at radius 3 is 1.22 bits per heavy atom. The van der Waals surface area contributed by atoms with Crippen molar-refractivity contribution < 1.29 is 0 Å². The molecule has 0 bridgehead atoms. The lowest BCUT2D eigenvalue weighted by Crippen LogP contribution is -2.10. The summed E-state index contributed by atoms with van der Waals surface area (Å²) in [5, 5.41) is 4.96. The fourth-order valence-corrected chi connectivity index (χ4v) is 11.7. The first kappa shape index (κ1) is 43.5. The minimum atomic E-state index is 1.11. The first-order chi connectivity index (χ1) is 33.7. The Bertz CT molecular complexity index is 3450. The van der Waals surface area contributed by atoms with Gasteiger partial charge in [-0.1, -0.05) is 106 Å². The molecule has 4 nitrogen and oxygen atoms in total. The maximum Gasteiger partial charge on any atom is 0.0641 e. The molecule has 0 unspecified atom stereocenters. The molecule has 6 heteroatoms. The Kier molecular flexibility index (Phi) is 12.5. The first-order valence-corrected chi connectivity index (χ1v) is 26.0. The molecule has 11 rings (SSSR count). The van der Waals surface area contributed by atoms with Crippen LogP contribution in [0.4, 0.5) is 34.1 Å². The predicted molar refractivity (Wildman–Crippen MR) is 296 cm³/mol. The van der Waals surface area contributed by atoms with Gasteiger partial charge in [-0.15, -0.1) is 23.5 Å². The minimum absolute atomic E-state index is 1.11. The van der Waals surface area contributed by atoms with Gasteiger partial charge < -0.3 is 18.9 Å². The maximum absolute atomic E-state index is 2.48. The molecule has 0 saturated heterocycles. The van der Waals surface area contributed by atoms with E-state index in [1.807, 2.05) is 23.5 Å². The smallest absolute Gasteiger partial charge is 0.0641 e. The number of benzene rings is 9. The van der Waals surface area contributed by atoms with E-state index in [0.717, 1.165) is 57.0 Å². The van der Waals surface area contributed by atoms with E-state index in [4.69, 9.17) is 0 Å². The number of para-hydroxylation sites is 4. The highest BCUT2D eigenvalue weighted by Crippen LogP contribution is 2.44. The molecule has 0 radical (unpaired) electrons. The fourth-order valence-electron chi connectivity index (χ4n) is 9.66. The zero-order chi connectivity index (χ0) is 45.8. The number of rotatable bonds is 16. The minimum Gasteiger partial charge on any atom is -0.311 e. The van der Waals surface area contributed by atoms with Gasteiger partial charge in [-0.25, -0.2) is 0 Å². The summed E-state index contributed by atoms with van der Waals surface area (Å²) in [5.74, 6) is 2.29. The average molecular weight is 919 g/mol. The lowest BCUT2D eigenvalue weighted by molar-refractivity contribution is 0.896. The van der Waals surface area contributed by atoms with Gasteiger partial charge in [-0.2, -0.15) is 0 Å². The Morgan fingerprint density at radius 1 is 0.338 bits per heavy atom. The molecule has 2 aromatic heterocycles. The predicted octanol–water partition coefficient (Wildman–Crippen LogP) is 18.6. The Labute approximate surface area is 408 Å². The van der Waals surface area contributed by atoms with Crippen LogP contribution in [-0.2, 0) is 0 Å². The third-order valence-corrected chi connectivity index (χ3v) is 15.2. The molecule has 0 atom stereocenters. The molecule has 334 valence electrons. The summed E-state index contributed by atoms with van der Waals surface area (Å²) in [7, 11) is 0. The number of thioether (sulfide) groups is 2. The van der Waals surface area contributed by atoms with Gasteiger partial charge in [-0.05, 0) is 164 Å². The van der Waals surface area contributed by atoms with Crippen molar-refractivity contribution in [2.24, 2.45) is 0 Å². The quantitative estimate of drug-likeness (QED) is 0.0709. The summed E-state index contributed by atoms with van der Waals surface area (Å²) < 4.78 is 4.93. The van der Waals surface area contributed by atoms with Crippen LogP contribution < -0.4 is 9.80 Å². The molecule has 0 fully saturated rings. The van der Waals surface area contributed by atoms with Crippen molar-refractivity contribution in [3.63, 3.8) is 0 Å². The highest BCUT2D eigenvalue weighted by atomic mass is 32.2. The third kappa shape index (κ3) is 8.33. The average Bonchev–Trinajstić information content (AvgIpc) is 3.92. The number of unbranched alkanes of at least 4 members (excludes halogenated alkanes) is 2. The van der Waals surface area contributed by atoms with E-state index in [2.05, 4.69) is 251 Å². The van der Waals surface area contributed by atoms with Crippen LogP contribution in [0.3, 0.4) is 0 Å². The van der Waals surface area contributed by atoms with Crippen LogP contribution in [0.25, 0.3) is 55.0 Å². The second-order valence-electron chi connectivity index (χ2n) is 17.3. The molecule has 9 aromatic carbocycles. The van der Waals surface area contributed by atoms with Crippen molar-refractivity contribution in [2.75, 3.05) is 21.3 Å². The van der Waals surface area contributed by atoms with Crippen LogP contribution in [-0.4, -0.2) is 20.6 Å². The molecule has 0 aliphatic rings. The lowest BCUT2D eigenvalue weighted by atomic mass is 10.1. The summed E-state index contributed by atoms with van der Waals surface area (Å²) in [6.07, 6.45) is 4.88. The monoisotopic (exact) mass is 918 g/mol. The van der Waals surface area contributed by atoms with E-state index >= 15 is 0 Å². The molecule has 0 aliphatic carbocycles. The molecule has 0 saturated carbocycles. The van der Waals surface area contributed by atoms with Gasteiger partial charge in [0.25, 0.3) is 0 Å². The summed E-state index contributed by atoms with van der Waals surface area (Å²) in [6, 6.07) is 80.1. The van der Waals surface area contributed by atoms with Gasteiger partial charge in [0, 0.05) is 76.8 Å². The summed E-state index contributed by atoms with van der Waals surface area (Å²) >= 11 is 3.87. The molecular formula is C62H54N4S2. The van der Waals surface area contributed by atoms with Crippen molar-refractivity contribution in [2.45, 2.75) is 49.3 Å². The molecule has 0 spiro atoms. The topological polar surface area (TPSA) is 16.3 Å². The maximum atomic E-state index is 2.48. The number of fused-ring (bicyclic) bond motifs is 7. The lowest BCUT2D eigenvalue weighted by Gasteiger charge is -2.26. The molecule has 2 heterocycles. The number of hydrogen-bond donors (Lipinski definition) is 0. The molecule has 0 aliphatic heterocycles. The molecular weight excluding hydrogens is 865 g/mol. The number of nitrogens with zero attached hydrogens (tertiary/aromatic N) is 4. The van der Waals surface area contributed by atoms with E-state index in [0.29, 0.717) is 0 Å². The normalized spacial score (nSPS) is 11.6. The van der Waals surface area contributed by atoms with Crippen molar-refractivity contribution >= 4 is 101 Å². The summed E-state index contributed by atoms with van der Waals surface area (Å²) in [6.45, 7) is 4.51. The van der Waals surface area contributed by atoms with Crippen LogP contribution in [0.15, 0.2) is 228 Å². The van der Waals surface area contributed by atoms with Crippen LogP contribution >= 0.6 is 23.5 Å². The Morgan fingerprint density at radius 2 is 0.735 bits per heavy atom. The van der Waals surface area contributed by atoms with Crippen LogP contribution in [0.5, 0.6) is 0 Å². The Hall–Kier alpha value is -7.12. The van der Waals surface area contributed by atoms with Crippen LogP contribution in [0.2, 0.25) is 0 Å². The largest absolute Gasteiger partial charge is 0.311 e. The van der Waals surface area contributed by atoms with Crippen LogP contribution in [0, 0.1) is 0 Å². The van der Waals surface area contributed by atoms with Crippen molar-refractivity contribution in [1.82, 2.24) is 9.13 Å². The zero-order valence-electron chi connectivity index (χ0n) is 38.6. The van der Waals surface area contributed by atoms with E-state index in [-0.39, 0.29) is 0 Å². The summed E-state index contributed by atoms with van der Waals surface area (Å²) in [4.78, 5) is 7.33. The number of aromatic nitrogens is 2. The van der Waals surface area contributed by atoms with Crippen molar-refractivity contribution in [3.8, 4) is 11.4 Å². The second kappa shape index (κ2) is 19.6. The Balaban J connectivity index is 1.01. The highest BCUT2D eigenvalue weighted by Gasteiger charge is 2.22. The molecule has 0 amide bonds. The standard InChI is InChI=1S/C62H54N4S2/c1-3-5-43-67-53-37-33-49(34-38-53)63(45-17-9-7-10-18-45)47-25-29-51(30-26-47)65-59-24-16-14-22-57(59)61-60(65)42-41-56-55-21-13-15-23-58(55)66(62(56)61)52-31-27-48(28-32-52)64(46-19-11-8-12-20-46)50-35-39-54(40-36-50)68-44-6-4-2/h7-42H,3-6,43-44H2,1-2H3. The van der Waals surface area contributed by atoms with Crippen LogP contribution in [0.1, 0.15) is 39.5 Å². The number of anilines is 6.